The maximum absolute atomic E-state index is 12.9. The van der Waals surface area contributed by atoms with Gasteiger partial charge in [-0.2, -0.15) is 5.10 Å². The maximum atomic E-state index is 12.9. The number of hydrogen-bond donors (Lipinski definition) is 1. The van der Waals surface area contributed by atoms with Gasteiger partial charge in [0.25, 0.3) is 0 Å². The first-order valence-corrected chi connectivity index (χ1v) is 11.1. The highest BCUT2D eigenvalue weighted by atomic mass is 16.5. The Labute approximate surface area is 194 Å². The molecule has 1 N–H and O–H groups in total. The Morgan fingerprint density at radius 1 is 1.15 bits per heavy atom. The van der Waals surface area contributed by atoms with Crippen molar-refractivity contribution in [1.82, 2.24) is 14.8 Å². The van der Waals surface area contributed by atoms with E-state index >= 15 is 0 Å². The Bertz CT molecular complexity index is 1160. The molecule has 0 unspecified atom stereocenters. The second-order valence-electron chi connectivity index (χ2n) is 9.15. The van der Waals surface area contributed by atoms with Crippen molar-refractivity contribution in [3.05, 3.63) is 70.7 Å². The van der Waals surface area contributed by atoms with Gasteiger partial charge in [-0.25, -0.2) is 14.5 Å². The number of carboxylic acids is 1. The summed E-state index contributed by atoms with van der Waals surface area (Å²) in [5.41, 5.74) is 3.01. The number of aliphatic carboxylic acids is 1. The van der Waals surface area contributed by atoms with Gasteiger partial charge in [-0.05, 0) is 81.0 Å². The number of carboxylic acid groups (broad SMARTS) is 1. The third kappa shape index (κ3) is 5.66. The lowest BCUT2D eigenvalue weighted by Gasteiger charge is -2.22. The van der Waals surface area contributed by atoms with Crippen LogP contribution in [0.2, 0.25) is 0 Å². The van der Waals surface area contributed by atoms with Gasteiger partial charge in [0.05, 0.1) is 5.69 Å². The van der Waals surface area contributed by atoms with Crippen LogP contribution in [0, 0.1) is 13.8 Å². The second kappa shape index (κ2) is 9.57. The zero-order valence-electron chi connectivity index (χ0n) is 20.0. The summed E-state index contributed by atoms with van der Waals surface area (Å²) < 4.78 is 7.40. The molecule has 0 bridgehead atoms. The number of aryl methyl sites for hydroxylation is 3. The number of benzene rings is 1. The molecule has 0 spiro atoms. The maximum Gasteiger partial charge on any atom is 0.347 e. The molecular formula is C26H31N3O4. The van der Waals surface area contributed by atoms with Crippen molar-refractivity contribution in [2.75, 3.05) is 0 Å². The molecule has 0 atom stereocenters. The van der Waals surface area contributed by atoms with E-state index in [1.54, 1.807) is 29.8 Å². The molecular weight excluding hydrogens is 418 g/mol. The number of carbonyl (C=O) groups excluding carboxylic acids is 1. The van der Waals surface area contributed by atoms with Crippen LogP contribution in [0.15, 0.2) is 42.7 Å². The molecule has 174 valence electrons. The van der Waals surface area contributed by atoms with E-state index in [0.717, 1.165) is 28.2 Å². The first-order chi connectivity index (χ1) is 15.5. The number of Topliss-reactive ketones (excluding diaryl/α,β-unsaturated/α-hetero) is 1. The minimum atomic E-state index is -1.35. The Morgan fingerprint density at radius 2 is 1.88 bits per heavy atom. The molecule has 0 amide bonds. The average molecular weight is 450 g/mol. The predicted octanol–water partition coefficient (Wildman–Crippen LogP) is 5.07. The molecule has 1 aromatic carbocycles. The average Bonchev–Trinajstić information content (AvgIpc) is 3.18. The van der Waals surface area contributed by atoms with Gasteiger partial charge in [0.15, 0.2) is 17.2 Å². The Kier molecular flexibility index (Phi) is 7.01. The number of rotatable bonds is 9. The quantitative estimate of drug-likeness (QED) is 0.459. The Hall–Kier alpha value is -3.48. The van der Waals surface area contributed by atoms with Crippen LogP contribution >= 0.6 is 0 Å². The third-order valence-electron chi connectivity index (χ3n) is 5.50. The summed E-state index contributed by atoms with van der Waals surface area (Å²) in [7, 11) is 0. The summed E-state index contributed by atoms with van der Waals surface area (Å²) >= 11 is 0. The van der Waals surface area contributed by atoms with Gasteiger partial charge in [-0.1, -0.05) is 19.9 Å². The fraction of sp³-hybridized carbons (Fsp3) is 0.385. The highest BCUT2D eigenvalue weighted by molar-refractivity contribution is 5.96. The van der Waals surface area contributed by atoms with Crippen LogP contribution in [0.1, 0.15) is 72.8 Å². The minimum Gasteiger partial charge on any atom is -0.478 e. The molecule has 3 aromatic rings. The molecule has 0 radical (unpaired) electrons. The normalized spacial score (nSPS) is 11.6. The van der Waals surface area contributed by atoms with Crippen LogP contribution < -0.4 is 4.74 Å². The highest BCUT2D eigenvalue weighted by Gasteiger charge is 2.30. The molecule has 2 aromatic heterocycles. The second-order valence-corrected chi connectivity index (χ2v) is 9.15. The Morgan fingerprint density at radius 3 is 2.45 bits per heavy atom. The van der Waals surface area contributed by atoms with Crippen LogP contribution in [0.5, 0.6) is 5.75 Å². The van der Waals surface area contributed by atoms with E-state index in [9.17, 15) is 14.7 Å². The number of aromatic nitrogens is 3. The van der Waals surface area contributed by atoms with Crippen LogP contribution in [-0.2, 0) is 11.2 Å². The van der Waals surface area contributed by atoms with E-state index in [2.05, 4.69) is 18.8 Å². The van der Waals surface area contributed by atoms with E-state index < -0.39 is 11.6 Å². The van der Waals surface area contributed by atoms with Crippen LogP contribution in [0.4, 0.5) is 0 Å². The van der Waals surface area contributed by atoms with E-state index in [0.29, 0.717) is 24.2 Å². The summed E-state index contributed by atoms with van der Waals surface area (Å²) in [6, 6.07) is 9.02. The van der Waals surface area contributed by atoms with Crippen LogP contribution in [0.25, 0.3) is 5.82 Å². The van der Waals surface area contributed by atoms with Crippen molar-refractivity contribution in [3.63, 3.8) is 0 Å². The summed E-state index contributed by atoms with van der Waals surface area (Å²) in [4.78, 5) is 28.7. The smallest absolute Gasteiger partial charge is 0.347 e. The van der Waals surface area contributed by atoms with Gasteiger partial charge in [0.1, 0.15) is 5.75 Å². The fourth-order valence-electron chi connectivity index (χ4n) is 3.46. The molecule has 0 aliphatic heterocycles. The number of hydrogen-bond acceptors (Lipinski definition) is 5. The van der Waals surface area contributed by atoms with Crippen LogP contribution in [0.3, 0.4) is 0 Å². The monoisotopic (exact) mass is 449 g/mol. The molecule has 2 heterocycles. The van der Waals surface area contributed by atoms with E-state index in [1.165, 1.54) is 13.8 Å². The first-order valence-electron chi connectivity index (χ1n) is 11.1. The van der Waals surface area contributed by atoms with E-state index in [-0.39, 0.29) is 11.7 Å². The summed E-state index contributed by atoms with van der Waals surface area (Å²) in [5, 5.41) is 14.0. The van der Waals surface area contributed by atoms with Gasteiger partial charge < -0.3 is 9.84 Å². The topological polar surface area (TPSA) is 94.3 Å². The number of ketones is 1. The molecule has 33 heavy (non-hydrogen) atoms. The largest absolute Gasteiger partial charge is 0.478 e. The predicted molar refractivity (Wildman–Crippen MR) is 126 cm³/mol. The van der Waals surface area contributed by atoms with Crippen molar-refractivity contribution in [2.24, 2.45) is 0 Å². The van der Waals surface area contributed by atoms with Gasteiger partial charge in [0, 0.05) is 24.4 Å². The van der Waals surface area contributed by atoms with Gasteiger partial charge >= 0.3 is 5.97 Å². The lowest BCUT2D eigenvalue weighted by molar-refractivity contribution is -0.152. The molecule has 7 nitrogen and oxygen atoms in total. The minimum absolute atomic E-state index is 0.0121. The zero-order valence-corrected chi connectivity index (χ0v) is 20.0. The molecule has 0 aliphatic carbocycles. The van der Waals surface area contributed by atoms with Crippen molar-refractivity contribution in [2.45, 2.75) is 65.9 Å². The van der Waals surface area contributed by atoms with Crippen LogP contribution in [-0.4, -0.2) is 37.2 Å². The summed E-state index contributed by atoms with van der Waals surface area (Å²) in [6.45, 7) is 10.9. The van der Waals surface area contributed by atoms with Gasteiger partial charge in [-0.15, -0.1) is 0 Å². The van der Waals surface area contributed by atoms with Crippen molar-refractivity contribution in [3.8, 4) is 11.6 Å². The number of ether oxygens (including phenoxy) is 1. The molecule has 0 fully saturated rings. The fourth-order valence-corrected chi connectivity index (χ4v) is 3.46. The molecule has 0 aliphatic rings. The van der Waals surface area contributed by atoms with Gasteiger partial charge in [-0.3, -0.25) is 4.79 Å². The molecule has 7 heteroatoms. The van der Waals surface area contributed by atoms with E-state index in [4.69, 9.17) is 9.84 Å². The number of pyridine rings is 1. The molecule has 0 saturated carbocycles. The lowest BCUT2D eigenvalue weighted by Crippen LogP contribution is -2.38. The van der Waals surface area contributed by atoms with Crippen molar-refractivity contribution >= 4 is 11.8 Å². The summed E-state index contributed by atoms with van der Waals surface area (Å²) in [6.07, 6.45) is 4.67. The highest BCUT2D eigenvalue weighted by Crippen LogP contribution is 2.26. The first kappa shape index (κ1) is 24.2. The summed E-state index contributed by atoms with van der Waals surface area (Å²) in [5.74, 6) is 0.379. The lowest BCUT2D eigenvalue weighted by atomic mass is 9.98. The number of nitrogens with zero attached hydrogens (tertiary/aromatic N) is 3. The zero-order chi connectivity index (χ0) is 24.3. The van der Waals surface area contributed by atoms with Gasteiger partial charge in [0.2, 0.25) is 0 Å². The Balaban J connectivity index is 1.74. The SMILES string of the molecule is Cc1ccc(-n2cc(CCC(=O)c3ccc(OC(C)(C)C(=O)O)c(C)c3)c(C(C)C)n2)nc1. The van der Waals surface area contributed by atoms with Crippen molar-refractivity contribution in [1.29, 1.82) is 0 Å². The van der Waals surface area contributed by atoms with E-state index in [1.807, 2.05) is 31.5 Å². The molecule has 0 saturated heterocycles. The molecule has 3 rings (SSSR count). The van der Waals surface area contributed by atoms with Crippen molar-refractivity contribution < 1.29 is 19.4 Å². The standard InChI is InChI=1S/C26H31N3O4/c1-16(2)24-20(15-29(28-24)23-12-7-17(3)14-27-23)8-10-21(30)19-9-11-22(18(4)13-19)33-26(5,6)25(31)32/h7,9,11-16H,8,10H2,1-6H3,(H,31,32). The number of carbonyl (C=O) groups is 2. The third-order valence-corrected chi connectivity index (χ3v) is 5.50.